The van der Waals surface area contributed by atoms with Crippen molar-refractivity contribution < 1.29 is 27.0 Å². The van der Waals surface area contributed by atoms with Crippen LogP contribution in [0.15, 0.2) is 81.1 Å². The first-order valence-electron chi connectivity index (χ1n) is 11.3. The molecule has 1 aliphatic rings. The van der Waals surface area contributed by atoms with Gasteiger partial charge in [0.2, 0.25) is 26.6 Å². The zero-order valence-corrected chi connectivity index (χ0v) is 20.9. The molecule has 0 bridgehead atoms. The van der Waals surface area contributed by atoms with E-state index in [1.54, 1.807) is 36.4 Å². The maximum Gasteiger partial charge on any atom is 0.234 e. The van der Waals surface area contributed by atoms with Crippen molar-refractivity contribution in [1.82, 2.24) is 4.98 Å². The maximum atomic E-state index is 13.7. The fraction of sp³-hybridized carbons (Fsp3) is 0.192. The van der Waals surface area contributed by atoms with Crippen LogP contribution < -0.4 is 19.5 Å². The van der Waals surface area contributed by atoms with E-state index in [-0.39, 0.29) is 28.2 Å². The van der Waals surface area contributed by atoms with Gasteiger partial charge in [0, 0.05) is 23.2 Å². The van der Waals surface area contributed by atoms with E-state index in [1.807, 2.05) is 25.1 Å². The van der Waals surface area contributed by atoms with Crippen LogP contribution in [0.2, 0.25) is 5.02 Å². The summed E-state index contributed by atoms with van der Waals surface area (Å²) >= 11 is 6.28. The fourth-order valence-electron chi connectivity index (χ4n) is 3.70. The second kappa shape index (κ2) is 10.1. The van der Waals surface area contributed by atoms with Crippen LogP contribution in [0.25, 0.3) is 11.5 Å². The van der Waals surface area contributed by atoms with E-state index in [2.05, 4.69) is 10.3 Å². The third kappa shape index (κ3) is 4.84. The molecule has 0 aliphatic carbocycles. The topological polar surface area (TPSA) is 99.9 Å². The van der Waals surface area contributed by atoms with Crippen LogP contribution in [0.4, 0.5) is 5.88 Å². The van der Waals surface area contributed by atoms with Crippen LogP contribution in [0, 0.1) is 0 Å². The molecule has 0 saturated heterocycles. The molecule has 5 rings (SSSR count). The Morgan fingerprint density at radius 3 is 2.50 bits per heavy atom. The SMILES string of the molecule is CCOc1ccc(-c2nc(S(=O)(=O)c3ccc4c(c3)OCCO4)c(NCc3ccccc3Cl)o2)cc1. The summed E-state index contributed by atoms with van der Waals surface area (Å²) in [4.78, 5) is 4.40. The predicted octanol–water partition coefficient (Wildman–Crippen LogP) is 5.61. The van der Waals surface area contributed by atoms with E-state index in [0.717, 1.165) is 5.56 Å². The average Bonchev–Trinajstić information content (AvgIpc) is 3.34. The molecule has 0 unspecified atom stereocenters. The number of fused-ring (bicyclic) bond motifs is 1. The quantitative estimate of drug-likeness (QED) is 0.316. The largest absolute Gasteiger partial charge is 0.494 e. The lowest BCUT2D eigenvalue weighted by Crippen LogP contribution is -2.16. The van der Waals surface area contributed by atoms with Crippen molar-refractivity contribution in [2.24, 2.45) is 0 Å². The standard InChI is InChI=1S/C26H23ClN2O6S/c1-2-32-19-9-7-17(8-10-19)24-29-26(25(35-24)28-16-18-5-3-4-6-21(18)27)36(30,31)20-11-12-22-23(15-20)34-14-13-33-22/h3-12,15,28H,2,13-14,16H2,1H3. The van der Waals surface area contributed by atoms with Crippen LogP contribution in [-0.4, -0.2) is 33.2 Å². The number of halogens is 1. The van der Waals surface area contributed by atoms with Gasteiger partial charge >= 0.3 is 0 Å². The molecule has 0 spiro atoms. The second-order valence-electron chi connectivity index (χ2n) is 7.86. The number of nitrogens with zero attached hydrogens (tertiary/aromatic N) is 1. The lowest BCUT2D eigenvalue weighted by Gasteiger charge is -2.18. The molecule has 1 aromatic heterocycles. The van der Waals surface area contributed by atoms with Gasteiger partial charge in [-0.2, -0.15) is 4.98 Å². The minimum atomic E-state index is -4.08. The summed E-state index contributed by atoms with van der Waals surface area (Å²) < 4.78 is 49.9. The second-order valence-corrected chi connectivity index (χ2v) is 10.1. The number of benzene rings is 3. The molecule has 4 aromatic rings. The average molecular weight is 527 g/mol. The van der Waals surface area contributed by atoms with Crippen molar-refractivity contribution in [2.45, 2.75) is 23.4 Å². The summed E-state index contributed by atoms with van der Waals surface area (Å²) in [6.45, 7) is 3.42. The van der Waals surface area contributed by atoms with Crippen molar-refractivity contribution in [1.29, 1.82) is 0 Å². The summed E-state index contributed by atoms with van der Waals surface area (Å²) in [5.41, 5.74) is 1.38. The van der Waals surface area contributed by atoms with Gasteiger partial charge in [0.15, 0.2) is 11.5 Å². The van der Waals surface area contributed by atoms with Gasteiger partial charge in [-0.25, -0.2) is 8.42 Å². The van der Waals surface area contributed by atoms with Gasteiger partial charge in [0.1, 0.15) is 19.0 Å². The Hall–Kier alpha value is -3.69. The molecule has 3 aromatic carbocycles. The Labute approximate surface area is 213 Å². The lowest BCUT2D eigenvalue weighted by atomic mass is 10.2. The maximum absolute atomic E-state index is 13.7. The molecule has 0 atom stereocenters. The number of anilines is 1. The van der Waals surface area contributed by atoms with Gasteiger partial charge in [-0.15, -0.1) is 0 Å². The van der Waals surface area contributed by atoms with E-state index in [0.29, 0.717) is 47.7 Å². The van der Waals surface area contributed by atoms with Crippen LogP contribution in [-0.2, 0) is 16.4 Å². The molecule has 0 fully saturated rings. The molecule has 1 N–H and O–H groups in total. The highest BCUT2D eigenvalue weighted by Crippen LogP contribution is 2.37. The lowest BCUT2D eigenvalue weighted by molar-refractivity contribution is 0.171. The summed E-state index contributed by atoms with van der Waals surface area (Å²) in [7, 11) is -4.08. The zero-order chi connectivity index (χ0) is 25.1. The first kappa shape index (κ1) is 24.0. The van der Waals surface area contributed by atoms with Gasteiger partial charge in [0.25, 0.3) is 0 Å². The molecule has 2 heterocycles. The summed E-state index contributed by atoms with van der Waals surface area (Å²) in [6, 6.07) is 18.8. The normalized spacial score (nSPS) is 12.8. The van der Waals surface area contributed by atoms with E-state index in [9.17, 15) is 8.42 Å². The highest BCUT2D eigenvalue weighted by Gasteiger charge is 2.30. The summed E-state index contributed by atoms with van der Waals surface area (Å²) in [6.07, 6.45) is 0. The smallest absolute Gasteiger partial charge is 0.234 e. The molecule has 186 valence electrons. The van der Waals surface area contributed by atoms with Gasteiger partial charge < -0.3 is 23.9 Å². The fourth-order valence-corrected chi connectivity index (χ4v) is 5.20. The highest BCUT2D eigenvalue weighted by atomic mass is 35.5. The Balaban J connectivity index is 1.54. The number of ether oxygens (including phenoxy) is 3. The number of aromatic nitrogens is 1. The number of oxazole rings is 1. The summed E-state index contributed by atoms with van der Waals surface area (Å²) in [5, 5.41) is 3.36. The van der Waals surface area contributed by atoms with Crippen LogP contribution in [0.3, 0.4) is 0 Å². The van der Waals surface area contributed by atoms with Gasteiger partial charge in [-0.3, -0.25) is 0 Å². The van der Waals surface area contributed by atoms with E-state index < -0.39 is 9.84 Å². The van der Waals surface area contributed by atoms with Gasteiger partial charge in [-0.05, 0) is 55.0 Å². The molecule has 8 nitrogen and oxygen atoms in total. The van der Waals surface area contributed by atoms with Gasteiger partial charge in [0.05, 0.1) is 11.5 Å². The van der Waals surface area contributed by atoms with Crippen molar-refractivity contribution in [3.8, 4) is 28.7 Å². The molecule has 0 radical (unpaired) electrons. The summed E-state index contributed by atoms with van der Waals surface area (Å²) in [5.74, 6) is 1.70. The van der Waals surface area contributed by atoms with E-state index in [4.69, 9.17) is 30.2 Å². The Morgan fingerprint density at radius 1 is 1.00 bits per heavy atom. The molecular weight excluding hydrogens is 504 g/mol. The minimum absolute atomic E-state index is 0.00805. The van der Waals surface area contributed by atoms with Crippen molar-refractivity contribution in [2.75, 3.05) is 25.1 Å². The monoisotopic (exact) mass is 526 g/mol. The molecule has 0 saturated carbocycles. The third-order valence-corrected chi connectivity index (χ3v) is 7.51. The van der Waals surface area contributed by atoms with Crippen molar-refractivity contribution in [3.05, 3.63) is 77.3 Å². The Kier molecular flexibility index (Phi) is 6.75. The van der Waals surface area contributed by atoms with Crippen LogP contribution >= 0.6 is 11.6 Å². The van der Waals surface area contributed by atoms with Crippen molar-refractivity contribution >= 4 is 27.3 Å². The zero-order valence-electron chi connectivity index (χ0n) is 19.4. The predicted molar refractivity (Wildman–Crippen MR) is 135 cm³/mol. The number of rotatable bonds is 8. The third-order valence-electron chi connectivity index (χ3n) is 5.48. The van der Waals surface area contributed by atoms with Crippen molar-refractivity contribution in [3.63, 3.8) is 0 Å². The number of hydrogen-bond acceptors (Lipinski definition) is 8. The molecular formula is C26H23ClN2O6S. The Bertz CT molecular complexity index is 1480. The molecule has 1 aliphatic heterocycles. The first-order chi connectivity index (χ1) is 17.5. The molecule has 36 heavy (non-hydrogen) atoms. The number of sulfone groups is 1. The van der Waals surface area contributed by atoms with Gasteiger partial charge in [-0.1, -0.05) is 29.8 Å². The van der Waals surface area contributed by atoms with Crippen LogP contribution in [0.5, 0.6) is 17.2 Å². The minimum Gasteiger partial charge on any atom is -0.494 e. The van der Waals surface area contributed by atoms with Crippen LogP contribution in [0.1, 0.15) is 12.5 Å². The number of nitrogens with one attached hydrogen (secondary N) is 1. The molecule has 10 heteroatoms. The molecule has 0 amide bonds. The Morgan fingerprint density at radius 2 is 1.75 bits per heavy atom. The highest BCUT2D eigenvalue weighted by molar-refractivity contribution is 7.91. The van der Waals surface area contributed by atoms with E-state index >= 15 is 0 Å². The first-order valence-corrected chi connectivity index (χ1v) is 13.2. The number of hydrogen-bond donors (Lipinski definition) is 1. The van der Waals surface area contributed by atoms with E-state index in [1.165, 1.54) is 12.1 Å².